The molecule has 0 aliphatic carbocycles. The quantitative estimate of drug-likeness (QED) is 0.596. The number of carbonyl (C=O) groups excluding carboxylic acids is 2. The SMILES string of the molecule is COC(=O)CSC1=NC(=Cc2ccc(C(=O)O)cc2)C(=O)N1c1ccc(F)cc1. The number of amides is 1. The summed E-state index contributed by atoms with van der Waals surface area (Å²) in [5, 5.41) is 9.23. The van der Waals surface area contributed by atoms with Gasteiger partial charge in [0.1, 0.15) is 11.5 Å². The number of hydrogen-bond donors (Lipinski definition) is 1. The molecule has 1 N–H and O–H groups in total. The Morgan fingerprint density at radius 1 is 1.17 bits per heavy atom. The van der Waals surface area contributed by atoms with Crippen molar-refractivity contribution in [1.29, 1.82) is 0 Å². The van der Waals surface area contributed by atoms with E-state index in [9.17, 15) is 18.8 Å². The average Bonchev–Trinajstić information content (AvgIpc) is 3.02. The molecule has 0 atom stereocenters. The number of halogens is 1. The highest BCUT2D eigenvalue weighted by Gasteiger charge is 2.32. The van der Waals surface area contributed by atoms with Crippen molar-refractivity contribution in [3.8, 4) is 0 Å². The molecular weight excluding hydrogens is 399 g/mol. The molecule has 29 heavy (non-hydrogen) atoms. The molecule has 3 rings (SSSR count). The second kappa shape index (κ2) is 8.70. The zero-order chi connectivity index (χ0) is 21.0. The molecule has 0 saturated carbocycles. The topological polar surface area (TPSA) is 96.3 Å². The highest BCUT2D eigenvalue weighted by molar-refractivity contribution is 8.14. The molecule has 7 nitrogen and oxygen atoms in total. The second-order valence-corrected chi connectivity index (χ2v) is 6.78. The van der Waals surface area contributed by atoms with Crippen molar-refractivity contribution >= 4 is 46.5 Å². The maximum atomic E-state index is 13.3. The highest BCUT2D eigenvalue weighted by Crippen LogP contribution is 2.29. The van der Waals surface area contributed by atoms with Crippen LogP contribution in [0.15, 0.2) is 59.2 Å². The Morgan fingerprint density at radius 3 is 2.41 bits per heavy atom. The first-order chi connectivity index (χ1) is 13.9. The number of benzene rings is 2. The van der Waals surface area contributed by atoms with E-state index in [0.717, 1.165) is 11.8 Å². The van der Waals surface area contributed by atoms with Crippen LogP contribution < -0.4 is 4.90 Å². The van der Waals surface area contributed by atoms with Crippen LogP contribution in [0.1, 0.15) is 15.9 Å². The van der Waals surface area contributed by atoms with Gasteiger partial charge in [-0.25, -0.2) is 14.2 Å². The van der Waals surface area contributed by atoms with E-state index in [2.05, 4.69) is 9.73 Å². The van der Waals surface area contributed by atoms with Crippen LogP contribution in [-0.4, -0.2) is 41.0 Å². The van der Waals surface area contributed by atoms with Gasteiger partial charge < -0.3 is 9.84 Å². The van der Waals surface area contributed by atoms with Crippen molar-refractivity contribution in [3.63, 3.8) is 0 Å². The number of carbonyl (C=O) groups is 3. The standard InChI is InChI=1S/C20H15FN2O5S/c1-28-17(24)11-29-20-22-16(10-12-2-4-13(5-3-12)19(26)27)18(25)23(20)15-8-6-14(21)7-9-15/h2-10H,11H2,1H3,(H,26,27). The van der Waals surface area contributed by atoms with Gasteiger partial charge in [0.2, 0.25) is 0 Å². The molecule has 0 aromatic heterocycles. The van der Waals surface area contributed by atoms with Crippen molar-refractivity contribution in [2.45, 2.75) is 0 Å². The largest absolute Gasteiger partial charge is 0.478 e. The molecule has 0 saturated heterocycles. The Labute approximate surface area is 169 Å². The number of esters is 1. The van der Waals surface area contributed by atoms with Gasteiger partial charge in [0.25, 0.3) is 5.91 Å². The summed E-state index contributed by atoms with van der Waals surface area (Å²) >= 11 is 1.02. The van der Waals surface area contributed by atoms with E-state index in [1.165, 1.54) is 54.5 Å². The summed E-state index contributed by atoms with van der Waals surface area (Å²) in [5.41, 5.74) is 1.21. The highest BCUT2D eigenvalue weighted by atomic mass is 32.2. The molecule has 2 aromatic rings. The molecule has 0 bridgehead atoms. The van der Waals surface area contributed by atoms with Gasteiger partial charge in [-0.05, 0) is 48.0 Å². The molecule has 148 valence electrons. The molecule has 1 aliphatic heterocycles. The van der Waals surface area contributed by atoms with Crippen molar-refractivity contribution in [2.75, 3.05) is 17.8 Å². The Kier molecular flexibility index (Phi) is 6.08. The van der Waals surface area contributed by atoms with Crippen LogP contribution >= 0.6 is 11.8 Å². The number of thioether (sulfide) groups is 1. The third-order valence-electron chi connectivity index (χ3n) is 3.92. The first-order valence-electron chi connectivity index (χ1n) is 8.32. The summed E-state index contributed by atoms with van der Waals surface area (Å²) in [5.74, 6) is -2.49. The Balaban J connectivity index is 1.93. The lowest BCUT2D eigenvalue weighted by molar-refractivity contribution is -0.137. The van der Waals surface area contributed by atoms with Crippen LogP contribution in [0.4, 0.5) is 10.1 Å². The van der Waals surface area contributed by atoms with Crippen molar-refractivity contribution in [1.82, 2.24) is 0 Å². The average molecular weight is 414 g/mol. The number of amidine groups is 1. The predicted octanol–water partition coefficient (Wildman–Crippen LogP) is 3.17. The minimum absolute atomic E-state index is 0.0547. The third kappa shape index (κ3) is 4.69. The number of anilines is 1. The zero-order valence-electron chi connectivity index (χ0n) is 15.2. The number of aromatic carboxylic acids is 1. The molecule has 1 amide bonds. The van der Waals surface area contributed by atoms with E-state index in [-0.39, 0.29) is 22.2 Å². The van der Waals surface area contributed by atoms with Crippen LogP contribution in [0.5, 0.6) is 0 Å². The lowest BCUT2D eigenvalue weighted by Gasteiger charge is -2.17. The fourth-order valence-corrected chi connectivity index (χ4v) is 3.32. The molecule has 0 spiro atoms. The Morgan fingerprint density at radius 2 is 1.83 bits per heavy atom. The monoisotopic (exact) mass is 414 g/mol. The number of carboxylic acid groups (broad SMARTS) is 1. The lowest BCUT2D eigenvalue weighted by atomic mass is 10.1. The van der Waals surface area contributed by atoms with E-state index >= 15 is 0 Å². The normalized spacial score (nSPS) is 14.8. The van der Waals surface area contributed by atoms with E-state index in [0.29, 0.717) is 11.3 Å². The Hall–Kier alpha value is -3.46. The smallest absolute Gasteiger partial charge is 0.335 e. The molecule has 2 aromatic carbocycles. The van der Waals surface area contributed by atoms with Crippen LogP contribution in [0.3, 0.4) is 0 Å². The molecule has 0 fully saturated rings. The van der Waals surface area contributed by atoms with E-state index in [1.807, 2.05) is 0 Å². The van der Waals surface area contributed by atoms with Gasteiger partial charge in [-0.2, -0.15) is 0 Å². The number of hydrogen-bond acceptors (Lipinski definition) is 6. The van der Waals surface area contributed by atoms with Crippen molar-refractivity contribution in [3.05, 3.63) is 71.2 Å². The minimum Gasteiger partial charge on any atom is -0.478 e. The number of ether oxygens (including phenoxy) is 1. The van der Waals surface area contributed by atoms with Gasteiger partial charge in [0, 0.05) is 0 Å². The summed E-state index contributed by atoms with van der Waals surface area (Å²) in [7, 11) is 1.26. The van der Waals surface area contributed by atoms with Crippen LogP contribution in [0.25, 0.3) is 6.08 Å². The summed E-state index contributed by atoms with van der Waals surface area (Å²) in [6.45, 7) is 0. The molecule has 1 aliphatic rings. The summed E-state index contributed by atoms with van der Waals surface area (Å²) in [4.78, 5) is 41.0. The molecule has 9 heteroatoms. The molecule has 0 unspecified atom stereocenters. The van der Waals surface area contributed by atoms with E-state index in [1.54, 1.807) is 12.1 Å². The van der Waals surface area contributed by atoms with Crippen LogP contribution in [0.2, 0.25) is 0 Å². The number of aliphatic imine (C=N–C) groups is 1. The number of carboxylic acids is 1. The second-order valence-electron chi connectivity index (χ2n) is 5.83. The summed E-state index contributed by atoms with van der Waals surface area (Å²) < 4.78 is 17.9. The zero-order valence-corrected chi connectivity index (χ0v) is 16.0. The maximum Gasteiger partial charge on any atom is 0.335 e. The van der Waals surface area contributed by atoms with Crippen molar-refractivity contribution < 1.29 is 28.6 Å². The van der Waals surface area contributed by atoms with E-state index in [4.69, 9.17) is 5.11 Å². The number of nitrogens with zero attached hydrogens (tertiary/aromatic N) is 2. The summed E-state index contributed by atoms with van der Waals surface area (Å²) in [6.07, 6.45) is 1.51. The van der Waals surface area contributed by atoms with Gasteiger partial charge in [0.05, 0.1) is 24.1 Å². The third-order valence-corrected chi connectivity index (χ3v) is 4.83. The van der Waals surface area contributed by atoms with E-state index < -0.39 is 23.7 Å². The van der Waals surface area contributed by atoms with Crippen LogP contribution in [0, 0.1) is 5.82 Å². The minimum atomic E-state index is -1.05. The van der Waals surface area contributed by atoms with Crippen LogP contribution in [-0.2, 0) is 14.3 Å². The fraction of sp³-hybridized carbons (Fsp3) is 0.100. The first-order valence-corrected chi connectivity index (χ1v) is 9.31. The number of methoxy groups -OCH3 is 1. The first kappa shape index (κ1) is 20.3. The predicted molar refractivity (Wildman–Crippen MR) is 107 cm³/mol. The van der Waals surface area contributed by atoms with Gasteiger partial charge in [-0.1, -0.05) is 23.9 Å². The Bertz CT molecular complexity index is 1020. The van der Waals surface area contributed by atoms with Crippen molar-refractivity contribution in [2.24, 2.45) is 4.99 Å². The molecule has 1 heterocycles. The van der Waals surface area contributed by atoms with Gasteiger partial charge in [-0.3, -0.25) is 14.5 Å². The van der Waals surface area contributed by atoms with Gasteiger partial charge in [-0.15, -0.1) is 0 Å². The van der Waals surface area contributed by atoms with Gasteiger partial charge >= 0.3 is 11.9 Å². The fourth-order valence-electron chi connectivity index (χ4n) is 2.47. The molecule has 0 radical (unpaired) electrons. The maximum absolute atomic E-state index is 13.3. The molecular formula is C20H15FN2O5S. The van der Waals surface area contributed by atoms with Gasteiger partial charge in [0.15, 0.2) is 5.17 Å². The lowest BCUT2D eigenvalue weighted by Crippen LogP contribution is -2.30. The number of rotatable bonds is 5. The summed E-state index contributed by atoms with van der Waals surface area (Å²) in [6, 6.07) is 11.3.